The number of amides is 3. The second-order valence-electron chi connectivity index (χ2n) is 3.15. The van der Waals surface area contributed by atoms with E-state index in [1.54, 1.807) is 14.0 Å². The third-order valence-corrected chi connectivity index (χ3v) is 3.41. The third-order valence-electron chi connectivity index (χ3n) is 2.21. The highest BCUT2D eigenvalue weighted by Crippen LogP contribution is 2.24. The molecule has 1 atom stereocenters. The highest BCUT2D eigenvalue weighted by molar-refractivity contribution is 8.01. The van der Waals surface area contributed by atoms with Gasteiger partial charge in [-0.2, -0.15) is 0 Å². The van der Waals surface area contributed by atoms with Crippen LogP contribution in [0.2, 0.25) is 0 Å². The van der Waals surface area contributed by atoms with E-state index in [4.69, 9.17) is 0 Å². The van der Waals surface area contributed by atoms with E-state index in [-0.39, 0.29) is 35.1 Å². The Hall–Kier alpha value is -1.04. The highest BCUT2D eigenvalue weighted by Gasteiger charge is 2.37. The van der Waals surface area contributed by atoms with E-state index in [2.05, 4.69) is 5.32 Å². The smallest absolute Gasteiger partial charge is 0.242 e. The molecule has 3 amide bonds. The molecule has 5 nitrogen and oxygen atoms in total. The molecular formula is C9H14N2O3S. The minimum Gasteiger partial charge on any atom is -0.358 e. The Balaban J connectivity index is 2.48. The standard InChI is InChI=1S/C9H14N2O3S/c1-3-11-8(13)4-6(9(11)14)15-5-7(12)10-2/h6H,3-5H2,1-2H3,(H,10,12). The van der Waals surface area contributed by atoms with E-state index >= 15 is 0 Å². The Morgan fingerprint density at radius 1 is 1.60 bits per heavy atom. The molecule has 1 fully saturated rings. The fraction of sp³-hybridized carbons (Fsp3) is 0.667. The van der Waals surface area contributed by atoms with Crippen molar-refractivity contribution in [3.63, 3.8) is 0 Å². The number of hydrogen-bond acceptors (Lipinski definition) is 4. The summed E-state index contributed by atoms with van der Waals surface area (Å²) in [4.78, 5) is 35.1. The first-order valence-corrected chi connectivity index (χ1v) is 5.81. The average molecular weight is 230 g/mol. The molecule has 1 unspecified atom stereocenters. The molecule has 0 radical (unpaired) electrons. The van der Waals surface area contributed by atoms with E-state index in [9.17, 15) is 14.4 Å². The Kier molecular flexibility index (Phi) is 4.14. The lowest BCUT2D eigenvalue weighted by Gasteiger charge is -2.11. The lowest BCUT2D eigenvalue weighted by molar-refractivity contribution is -0.137. The molecule has 0 aliphatic carbocycles. The monoisotopic (exact) mass is 230 g/mol. The molecule has 84 valence electrons. The lowest BCUT2D eigenvalue weighted by Crippen LogP contribution is -2.31. The lowest BCUT2D eigenvalue weighted by atomic mass is 10.4. The van der Waals surface area contributed by atoms with Crippen LogP contribution in [0.4, 0.5) is 0 Å². The van der Waals surface area contributed by atoms with Gasteiger partial charge in [-0.15, -0.1) is 11.8 Å². The van der Waals surface area contributed by atoms with Crippen molar-refractivity contribution in [2.75, 3.05) is 19.3 Å². The number of thioether (sulfide) groups is 1. The van der Waals surface area contributed by atoms with Crippen molar-refractivity contribution in [1.29, 1.82) is 0 Å². The topological polar surface area (TPSA) is 66.5 Å². The molecule has 15 heavy (non-hydrogen) atoms. The van der Waals surface area contributed by atoms with Crippen LogP contribution in [0.3, 0.4) is 0 Å². The molecule has 0 saturated carbocycles. The van der Waals surface area contributed by atoms with Crippen LogP contribution in [0.15, 0.2) is 0 Å². The van der Waals surface area contributed by atoms with Crippen LogP contribution >= 0.6 is 11.8 Å². The third kappa shape index (κ3) is 2.71. The number of carbonyl (C=O) groups is 3. The molecular weight excluding hydrogens is 216 g/mol. The van der Waals surface area contributed by atoms with Crippen LogP contribution in [0.5, 0.6) is 0 Å². The van der Waals surface area contributed by atoms with Crippen molar-refractivity contribution in [2.45, 2.75) is 18.6 Å². The normalized spacial score (nSPS) is 20.9. The van der Waals surface area contributed by atoms with E-state index in [1.165, 1.54) is 16.7 Å². The fourth-order valence-corrected chi connectivity index (χ4v) is 2.39. The molecule has 1 saturated heterocycles. The molecule has 0 aromatic carbocycles. The molecule has 6 heteroatoms. The number of nitrogens with one attached hydrogen (secondary N) is 1. The zero-order valence-electron chi connectivity index (χ0n) is 8.78. The molecule has 0 spiro atoms. The predicted molar refractivity (Wildman–Crippen MR) is 57.3 cm³/mol. The first-order chi connectivity index (χ1) is 7.10. The summed E-state index contributed by atoms with van der Waals surface area (Å²) in [5.74, 6) is -0.221. The van der Waals surface area contributed by atoms with Crippen LogP contribution in [-0.4, -0.2) is 47.2 Å². The van der Waals surface area contributed by atoms with Crippen molar-refractivity contribution < 1.29 is 14.4 Å². The Bertz CT molecular complexity index is 293. The number of imide groups is 1. The van der Waals surface area contributed by atoms with Crippen molar-refractivity contribution >= 4 is 29.5 Å². The zero-order chi connectivity index (χ0) is 11.4. The van der Waals surface area contributed by atoms with Gasteiger partial charge in [-0.3, -0.25) is 19.3 Å². The van der Waals surface area contributed by atoms with Gasteiger partial charge in [-0.1, -0.05) is 0 Å². The van der Waals surface area contributed by atoms with E-state index < -0.39 is 0 Å². The maximum Gasteiger partial charge on any atom is 0.242 e. The molecule has 1 aliphatic heterocycles. The summed E-state index contributed by atoms with van der Waals surface area (Å²) in [6.45, 7) is 2.18. The Labute approximate surface area is 92.6 Å². The van der Waals surface area contributed by atoms with Gasteiger partial charge in [0.15, 0.2) is 0 Å². The first kappa shape index (κ1) is 12.0. The highest BCUT2D eigenvalue weighted by atomic mass is 32.2. The van der Waals surface area contributed by atoms with Crippen molar-refractivity contribution in [2.24, 2.45) is 0 Å². The van der Waals surface area contributed by atoms with E-state index in [0.717, 1.165) is 0 Å². The maximum absolute atomic E-state index is 11.6. The Morgan fingerprint density at radius 3 is 2.73 bits per heavy atom. The number of nitrogens with zero attached hydrogens (tertiary/aromatic N) is 1. The SMILES string of the molecule is CCN1C(=O)CC(SCC(=O)NC)C1=O. The number of rotatable bonds is 4. The van der Waals surface area contributed by atoms with E-state index in [1.807, 2.05) is 0 Å². The van der Waals surface area contributed by atoms with Crippen LogP contribution in [0, 0.1) is 0 Å². The zero-order valence-corrected chi connectivity index (χ0v) is 9.60. The van der Waals surface area contributed by atoms with Gasteiger partial charge in [0.2, 0.25) is 17.7 Å². The largest absolute Gasteiger partial charge is 0.358 e. The van der Waals surface area contributed by atoms with Crippen LogP contribution < -0.4 is 5.32 Å². The number of carbonyl (C=O) groups excluding carboxylic acids is 3. The van der Waals surface area contributed by atoms with Gasteiger partial charge in [0, 0.05) is 20.0 Å². The minimum atomic E-state index is -0.380. The fourth-order valence-electron chi connectivity index (χ4n) is 1.36. The maximum atomic E-state index is 11.6. The van der Waals surface area contributed by atoms with Crippen molar-refractivity contribution in [1.82, 2.24) is 10.2 Å². The second-order valence-corrected chi connectivity index (χ2v) is 4.34. The molecule has 1 heterocycles. The molecule has 1 rings (SSSR count). The van der Waals surface area contributed by atoms with Gasteiger partial charge in [0.1, 0.15) is 0 Å². The van der Waals surface area contributed by atoms with Gasteiger partial charge < -0.3 is 5.32 Å². The molecule has 0 aromatic heterocycles. The number of likely N-dealkylation sites (tertiary alicyclic amines) is 1. The summed E-state index contributed by atoms with van der Waals surface area (Å²) in [6.07, 6.45) is 0.217. The summed E-state index contributed by atoms with van der Waals surface area (Å²) >= 11 is 1.22. The van der Waals surface area contributed by atoms with Crippen LogP contribution in [-0.2, 0) is 14.4 Å². The quantitative estimate of drug-likeness (QED) is 0.668. The molecule has 0 bridgehead atoms. The van der Waals surface area contributed by atoms with Crippen LogP contribution in [0.1, 0.15) is 13.3 Å². The van der Waals surface area contributed by atoms with Gasteiger partial charge in [-0.25, -0.2) is 0 Å². The molecule has 0 aromatic rings. The summed E-state index contributed by atoms with van der Waals surface area (Å²) in [5.41, 5.74) is 0. The van der Waals surface area contributed by atoms with Gasteiger partial charge in [0.05, 0.1) is 11.0 Å². The number of hydrogen-bond donors (Lipinski definition) is 1. The molecule has 1 N–H and O–H groups in total. The average Bonchev–Trinajstić information content (AvgIpc) is 2.50. The van der Waals surface area contributed by atoms with Crippen molar-refractivity contribution in [3.05, 3.63) is 0 Å². The van der Waals surface area contributed by atoms with E-state index in [0.29, 0.717) is 6.54 Å². The van der Waals surface area contributed by atoms with Crippen molar-refractivity contribution in [3.8, 4) is 0 Å². The summed E-state index contributed by atoms with van der Waals surface area (Å²) in [7, 11) is 1.54. The Morgan fingerprint density at radius 2 is 2.27 bits per heavy atom. The second kappa shape index (κ2) is 5.16. The van der Waals surface area contributed by atoms with Gasteiger partial charge >= 0.3 is 0 Å². The molecule has 1 aliphatic rings. The minimum absolute atomic E-state index is 0.129. The van der Waals surface area contributed by atoms with Gasteiger partial charge in [-0.05, 0) is 6.92 Å². The van der Waals surface area contributed by atoms with Crippen LogP contribution in [0.25, 0.3) is 0 Å². The first-order valence-electron chi connectivity index (χ1n) is 4.76. The summed E-state index contributed by atoms with van der Waals surface area (Å²) in [5, 5.41) is 2.09. The summed E-state index contributed by atoms with van der Waals surface area (Å²) in [6, 6.07) is 0. The van der Waals surface area contributed by atoms with Gasteiger partial charge in [0.25, 0.3) is 0 Å². The predicted octanol–water partition coefficient (Wildman–Crippen LogP) is -0.387. The summed E-state index contributed by atoms with van der Waals surface area (Å²) < 4.78 is 0.